The number of aliphatic hydroxyl groups excluding tert-OH is 1. The third-order valence-corrected chi connectivity index (χ3v) is 2.63. The molecular formula is C13H19NO3. The van der Waals surface area contributed by atoms with Crippen molar-refractivity contribution in [2.45, 2.75) is 25.9 Å². The minimum absolute atomic E-state index is 0.00745. The fourth-order valence-electron chi connectivity index (χ4n) is 1.69. The summed E-state index contributed by atoms with van der Waals surface area (Å²) in [6.07, 6.45) is -0.308. The Labute approximate surface area is 101 Å². The molecule has 4 nitrogen and oxygen atoms in total. The molecule has 1 aromatic rings. The van der Waals surface area contributed by atoms with Gasteiger partial charge in [-0.25, -0.2) is 0 Å². The molecule has 0 saturated carbocycles. The molecule has 1 aromatic carbocycles. The number of aliphatic carboxylic acids is 1. The monoisotopic (exact) mass is 237 g/mol. The second-order valence-electron chi connectivity index (χ2n) is 3.96. The van der Waals surface area contributed by atoms with E-state index < -0.39 is 12.1 Å². The van der Waals surface area contributed by atoms with Crippen LogP contribution in [0.5, 0.6) is 0 Å². The lowest BCUT2D eigenvalue weighted by molar-refractivity contribution is -0.137. The fourth-order valence-corrected chi connectivity index (χ4v) is 1.69. The number of hydrogen-bond acceptors (Lipinski definition) is 3. The summed E-state index contributed by atoms with van der Waals surface area (Å²) in [5.41, 5.74) is 1.05. The van der Waals surface area contributed by atoms with Gasteiger partial charge in [0.2, 0.25) is 0 Å². The third-order valence-electron chi connectivity index (χ3n) is 2.63. The zero-order valence-corrected chi connectivity index (χ0v) is 10.0. The van der Waals surface area contributed by atoms with Crippen LogP contribution < -0.4 is 4.90 Å². The Morgan fingerprint density at radius 1 is 1.35 bits per heavy atom. The molecule has 0 saturated heterocycles. The molecule has 0 aliphatic carbocycles. The van der Waals surface area contributed by atoms with Gasteiger partial charge in [-0.2, -0.15) is 0 Å². The van der Waals surface area contributed by atoms with Gasteiger partial charge in [-0.05, 0) is 25.5 Å². The summed E-state index contributed by atoms with van der Waals surface area (Å²) in [6.45, 7) is 3.26. The van der Waals surface area contributed by atoms with Crippen molar-refractivity contribution >= 4 is 11.7 Å². The van der Waals surface area contributed by atoms with Crippen LogP contribution in [-0.2, 0) is 4.79 Å². The van der Waals surface area contributed by atoms with E-state index in [9.17, 15) is 9.90 Å². The van der Waals surface area contributed by atoms with Gasteiger partial charge in [0.25, 0.3) is 0 Å². The van der Waals surface area contributed by atoms with Crippen molar-refractivity contribution in [1.82, 2.24) is 0 Å². The van der Waals surface area contributed by atoms with Gasteiger partial charge in [-0.15, -0.1) is 0 Å². The van der Waals surface area contributed by atoms with E-state index in [0.29, 0.717) is 13.0 Å². The van der Waals surface area contributed by atoms with Crippen LogP contribution in [0.3, 0.4) is 0 Å². The predicted octanol–water partition coefficient (Wildman–Crippen LogP) is 1.74. The Hall–Kier alpha value is -1.55. The van der Waals surface area contributed by atoms with E-state index >= 15 is 0 Å². The quantitative estimate of drug-likeness (QED) is 0.758. The minimum Gasteiger partial charge on any atom is -0.481 e. The molecule has 4 heteroatoms. The normalized spacial score (nSPS) is 12.1. The number of anilines is 1. The Morgan fingerprint density at radius 3 is 2.53 bits per heavy atom. The number of hydrogen-bond donors (Lipinski definition) is 2. The lowest BCUT2D eigenvalue weighted by Gasteiger charge is -2.25. The second-order valence-corrected chi connectivity index (χ2v) is 3.96. The molecule has 0 radical (unpaired) electrons. The summed E-state index contributed by atoms with van der Waals surface area (Å²) in [5, 5.41) is 18.3. The van der Waals surface area contributed by atoms with Crippen LogP contribution in [0.4, 0.5) is 5.69 Å². The van der Waals surface area contributed by atoms with Crippen molar-refractivity contribution in [3.05, 3.63) is 30.3 Å². The summed E-state index contributed by atoms with van der Waals surface area (Å²) >= 11 is 0. The topological polar surface area (TPSA) is 60.8 Å². The van der Waals surface area contributed by atoms with Crippen molar-refractivity contribution in [2.75, 3.05) is 18.0 Å². The van der Waals surface area contributed by atoms with Crippen molar-refractivity contribution in [2.24, 2.45) is 0 Å². The third kappa shape index (κ3) is 4.87. The predicted molar refractivity (Wildman–Crippen MR) is 67.2 cm³/mol. The maximum Gasteiger partial charge on any atom is 0.303 e. The smallest absolute Gasteiger partial charge is 0.303 e. The first-order valence-corrected chi connectivity index (χ1v) is 5.83. The Bertz CT molecular complexity index is 340. The molecule has 2 N–H and O–H groups in total. The SMILES string of the molecule is CCN(CC(O)CCC(=O)O)c1ccccc1. The van der Waals surface area contributed by atoms with Crippen LogP contribution in [0.1, 0.15) is 19.8 Å². The zero-order chi connectivity index (χ0) is 12.7. The molecule has 0 fully saturated rings. The highest BCUT2D eigenvalue weighted by Crippen LogP contribution is 2.14. The summed E-state index contributed by atoms with van der Waals surface area (Å²) in [4.78, 5) is 12.4. The first-order chi connectivity index (χ1) is 8.13. The summed E-state index contributed by atoms with van der Waals surface area (Å²) in [7, 11) is 0. The number of likely N-dealkylation sites (N-methyl/N-ethyl adjacent to an activating group) is 1. The minimum atomic E-state index is -0.869. The number of aliphatic hydroxyl groups is 1. The van der Waals surface area contributed by atoms with Crippen molar-refractivity contribution in [1.29, 1.82) is 0 Å². The number of carbonyl (C=O) groups is 1. The average molecular weight is 237 g/mol. The van der Waals surface area contributed by atoms with E-state index in [4.69, 9.17) is 5.11 Å². The van der Waals surface area contributed by atoms with Gasteiger partial charge in [-0.1, -0.05) is 18.2 Å². The molecular weight excluding hydrogens is 218 g/mol. The lowest BCUT2D eigenvalue weighted by Crippen LogP contribution is -2.32. The van der Waals surface area contributed by atoms with Crippen LogP contribution in [0, 0.1) is 0 Å². The molecule has 0 bridgehead atoms. The number of nitrogens with zero attached hydrogens (tertiary/aromatic N) is 1. The van der Waals surface area contributed by atoms with Gasteiger partial charge in [0.05, 0.1) is 6.10 Å². The highest BCUT2D eigenvalue weighted by Gasteiger charge is 2.12. The number of benzene rings is 1. The van der Waals surface area contributed by atoms with Gasteiger partial charge in [0.15, 0.2) is 0 Å². The molecule has 0 aliphatic rings. The number of carboxylic acid groups (broad SMARTS) is 1. The Morgan fingerprint density at radius 2 is 2.00 bits per heavy atom. The van der Waals surface area contributed by atoms with Gasteiger partial charge in [-0.3, -0.25) is 4.79 Å². The summed E-state index contributed by atoms with van der Waals surface area (Å²) in [6, 6.07) is 9.79. The van der Waals surface area contributed by atoms with Gasteiger partial charge in [0.1, 0.15) is 0 Å². The molecule has 17 heavy (non-hydrogen) atoms. The van der Waals surface area contributed by atoms with E-state index in [0.717, 1.165) is 12.2 Å². The molecule has 0 spiro atoms. The van der Waals surface area contributed by atoms with Crippen molar-refractivity contribution < 1.29 is 15.0 Å². The molecule has 0 aliphatic heterocycles. The van der Waals surface area contributed by atoms with Gasteiger partial charge < -0.3 is 15.1 Å². The highest BCUT2D eigenvalue weighted by molar-refractivity contribution is 5.66. The lowest BCUT2D eigenvalue weighted by atomic mass is 10.1. The van der Waals surface area contributed by atoms with Crippen LogP contribution in [-0.4, -0.2) is 35.4 Å². The molecule has 1 unspecified atom stereocenters. The standard InChI is InChI=1S/C13H19NO3/c1-2-14(11-6-4-3-5-7-11)10-12(15)8-9-13(16)17/h3-7,12,15H,2,8-10H2,1H3,(H,16,17). The van der Waals surface area contributed by atoms with Gasteiger partial charge in [0, 0.05) is 25.2 Å². The zero-order valence-electron chi connectivity index (χ0n) is 10.0. The van der Waals surface area contributed by atoms with Crippen LogP contribution in [0.2, 0.25) is 0 Å². The van der Waals surface area contributed by atoms with Gasteiger partial charge >= 0.3 is 5.97 Å². The first kappa shape index (κ1) is 13.5. The average Bonchev–Trinajstić information content (AvgIpc) is 2.34. The summed E-state index contributed by atoms with van der Waals surface area (Å²) in [5.74, 6) is -0.869. The Balaban J connectivity index is 2.49. The molecule has 0 heterocycles. The highest BCUT2D eigenvalue weighted by atomic mass is 16.4. The van der Waals surface area contributed by atoms with E-state index in [1.54, 1.807) is 0 Å². The van der Waals surface area contributed by atoms with Crippen molar-refractivity contribution in [3.8, 4) is 0 Å². The summed E-state index contributed by atoms with van der Waals surface area (Å²) < 4.78 is 0. The molecule has 1 atom stereocenters. The second kappa shape index (κ2) is 6.91. The number of para-hydroxylation sites is 1. The van der Waals surface area contributed by atoms with Crippen molar-refractivity contribution in [3.63, 3.8) is 0 Å². The van der Waals surface area contributed by atoms with Crippen LogP contribution in [0.15, 0.2) is 30.3 Å². The van der Waals surface area contributed by atoms with Crippen LogP contribution in [0.25, 0.3) is 0 Å². The molecule has 0 aromatic heterocycles. The largest absolute Gasteiger partial charge is 0.481 e. The number of rotatable bonds is 7. The van der Waals surface area contributed by atoms with E-state index in [2.05, 4.69) is 0 Å². The van der Waals surface area contributed by atoms with E-state index in [1.165, 1.54) is 0 Å². The maximum atomic E-state index is 10.4. The molecule has 94 valence electrons. The maximum absolute atomic E-state index is 10.4. The number of carboxylic acids is 1. The van der Waals surface area contributed by atoms with Crippen LogP contribution >= 0.6 is 0 Å². The molecule has 0 amide bonds. The fraction of sp³-hybridized carbons (Fsp3) is 0.462. The first-order valence-electron chi connectivity index (χ1n) is 5.83. The Kier molecular flexibility index (Phi) is 5.49. The molecule has 1 rings (SSSR count). The van der Waals surface area contributed by atoms with E-state index in [1.807, 2.05) is 42.2 Å². The van der Waals surface area contributed by atoms with E-state index in [-0.39, 0.29) is 6.42 Å².